The zero-order valence-electron chi connectivity index (χ0n) is 11.7. The van der Waals surface area contributed by atoms with E-state index in [1.165, 1.54) is 17.5 Å². The standard InChI is InChI=1S/C14H14N4O3S/c15-5-3-10-2-1-9(8-21-10)17-13-12(18(19)20)7-16-11-4-6-22-14(11)13/h4,6-7,9-10H,1-3,8H2,(H,16,17)/t9-,10+/m0/s1. The highest BCUT2D eigenvalue weighted by Crippen LogP contribution is 2.36. The van der Waals surface area contributed by atoms with Crippen molar-refractivity contribution in [3.8, 4) is 6.07 Å². The summed E-state index contributed by atoms with van der Waals surface area (Å²) in [6.45, 7) is 0.443. The first-order valence-corrected chi connectivity index (χ1v) is 7.82. The summed E-state index contributed by atoms with van der Waals surface area (Å²) >= 11 is 1.43. The van der Waals surface area contributed by atoms with Gasteiger partial charge in [-0.15, -0.1) is 11.3 Å². The number of ether oxygens (including phenoxy) is 1. The number of nitro groups is 1. The summed E-state index contributed by atoms with van der Waals surface area (Å²) < 4.78 is 6.42. The monoisotopic (exact) mass is 318 g/mol. The molecular weight excluding hydrogens is 304 g/mol. The summed E-state index contributed by atoms with van der Waals surface area (Å²) in [6.07, 6.45) is 3.24. The van der Waals surface area contributed by atoms with Crippen molar-refractivity contribution >= 4 is 32.9 Å². The van der Waals surface area contributed by atoms with E-state index in [4.69, 9.17) is 10.00 Å². The van der Waals surface area contributed by atoms with Crippen molar-refractivity contribution in [3.05, 3.63) is 27.8 Å². The lowest BCUT2D eigenvalue weighted by atomic mass is 10.0. The maximum atomic E-state index is 11.2. The molecule has 2 aromatic heterocycles. The van der Waals surface area contributed by atoms with Gasteiger partial charge in [0.05, 0.1) is 40.3 Å². The number of fused-ring (bicyclic) bond motifs is 1. The molecule has 22 heavy (non-hydrogen) atoms. The van der Waals surface area contributed by atoms with Gasteiger partial charge in [0.15, 0.2) is 0 Å². The van der Waals surface area contributed by atoms with E-state index in [-0.39, 0.29) is 17.8 Å². The number of anilines is 1. The summed E-state index contributed by atoms with van der Waals surface area (Å²) in [5.74, 6) is 0. The molecule has 0 bridgehead atoms. The molecule has 0 unspecified atom stereocenters. The van der Waals surface area contributed by atoms with Crippen molar-refractivity contribution in [1.29, 1.82) is 5.26 Å². The number of aromatic nitrogens is 1. The van der Waals surface area contributed by atoms with Crippen LogP contribution in [0.2, 0.25) is 0 Å². The highest BCUT2D eigenvalue weighted by Gasteiger charge is 2.26. The minimum atomic E-state index is -0.420. The van der Waals surface area contributed by atoms with E-state index in [2.05, 4.69) is 16.4 Å². The number of nitrogens with one attached hydrogen (secondary N) is 1. The molecular formula is C14H14N4O3S. The average Bonchev–Trinajstić information content (AvgIpc) is 2.98. The fraction of sp³-hybridized carbons (Fsp3) is 0.429. The van der Waals surface area contributed by atoms with Crippen LogP contribution in [-0.4, -0.2) is 28.7 Å². The molecule has 0 saturated carbocycles. The molecule has 114 valence electrons. The molecule has 0 aliphatic carbocycles. The SMILES string of the molecule is N#CC[C@H]1CC[C@H](Nc2c([N+](=O)[O-])cnc3ccsc23)CO1. The predicted octanol–water partition coefficient (Wildman–Crippen LogP) is 3.08. The van der Waals surface area contributed by atoms with Crippen LogP contribution in [0.1, 0.15) is 19.3 Å². The second-order valence-corrected chi connectivity index (χ2v) is 6.06. The Morgan fingerprint density at radius 3 is 3.14 bits per heavy atom. The number of pyridine rings is 1. The van der Waals surface area contributed by atoms with E-state index in [1.54, 1.807) is 0 Å². The quantitative estimate of drug-likeness (QED) is 0.686. The molecule has 0 amide bonds. The van der Waals surface area contributed by atoms with Crippen LogP contribution in [0.5, 0.6) is 0 Å². The van der Waals surface area contributed by atoms with Gasteiger partial charge in [0.25, 0.3) is 0 Å². The molecule has 0 aromatic carbocycles. The Morgan fingerprint density at radius 1 is 1.59 bits per heavy atom. The molecule has 0 spiro atoms. The lowest BCUT2D eigenvalue weighted by molar-refractivity contribution is -0.384. The van der Waals surface area contributed by atoms with Crippen LogP contribution in [0.4, 0.5) is 11.4 Å². The third kappa shape index (κ3) is 2.86. The Morgan fingerprint density at radius 2 is 2.45 bits per heavy atom. The molecule has 8 heteroatoms. The van der Waals surface area contributed by atoms with Crippen molar-refractivity contribution in [1.82, 2.24) is 4.98 Å². The highest BCUT2D eigenvalue weighted by molar-refractivity contribution is 7.17. The van der Waals surface area contributed by atoms with Gasteiger partial charge in [-0.1, -0.05) is 0 Å². The van der Waals surface area contributed by atoms with Crippen molar-refractivity contribution in [2.45, 2.75) is 31.4 Å². The van der Waals surface area contributed by atoms with E-state index in [0.29, 0.717) is 18.7 Å². The zero-order valence-corrected chi connectivity index (χ0v) is 12.5. The fourth-order valence-corrected chi connectivity index (χ4v) is 3.42. The van der Waals surface area contributed by atoms with Gasteiger partial charge in [-0.05, 0) is 24.3 Å². The summed E-state index contributed by atoms with van der Waals surface area (Å²) in [4.78, 5) is 14.9. The van der Waals surface area contributed by atoms with Crippen molar-refractivity contribution in [3.63, 3.8) is 0 Å². The first-order chi connectivity index (χ1) is 10.7. The highest BCUT2D eigenvalue weighted by atomic mass is 32.1. The number of nitriles is 1. The third-order valence-corrected chi connectivity index (χ3v) is 4.61. The Kier molecular flexibility index (Phi) is 4.18. The minimum Gasteiger partial charge on any atom is -0.375 e. The number of rotatable bonds is 4. The van der Waals surface area contributed by atoms with Gasteiger partial charge in [0.2, 0.25) is 0 Å². The Hall–Kier alpha value is -2.24. The summed E-state index contributed by atoms with van der Waals surface area (Å²) in [7, 11) is 0. The second-order valence-electron chi connectivity index (χ2n) is 5.15. The molecule has 1 N–H and O–H groups in total. The molecule has 3 rings (SSSR count). The first kappa shape index (κ1) is 14.7. The number of hydrogen-bond donors (Lipinski definition) is 1. The van der Waals surface area contributed by atoms with Crippen LogP contribution in [0.25, 0.3) is 10.2 Å². The molecule has 2 atom stereocenters. The van der Waals surface area contributed by atoms with Gasteiger partial charge in [-0.2, -0.15) is 5.26 Å². The van der Waals surface area contributed by atoms with Gasteiger partial charge in [-0.3, -0.25) is 10.1 Å². The van der Waals surface area contributed by atoms with Gasteiger partial charge in [0, 0.05) is 6.04 Å². The fourth-order valence-electron chi connectivity index (χ4n) is 2.57. The smallest absolute Gasteiger partial charge is 0.311 e. The van der Waals surface area contributed by atoms with Crippen LogP contribution in [0.15, 0.2) is 17.6 Å². The lowest BCUT2D eigenvalue weighted by Gasteiger charge is -2.29. The van der Waals surface area contributed by atoms with Gasteiger partial charge in [0.1, 0.15) is 11.9 Å². The van der Waals surface area contributed by atoms with E-state index in [1.807, 2.05) is 11.4 Å². The van der Waals surface area contributed by atoms with Crippen LogP contribution < -0.4 is 5.32 Å². The lowest BCUT2D eigenvalue weighted by Crippen LogP contribution is -2.34. The van der Waals surface area contributed by atoms with E-state index in [9.17, 15) is 10.1 Å². The largest absolute Gasteiger partial charge is 0.375 e. The van der Waals surface area contributed by atoms with Crippen molar-refractivity contribution < 1.29 is 9.66 Å². The second kappa shape index (κ2) is 6.25. The Bertz CT molecular complexity index is 731. The molecule has 7 nitrogen and oxygen atoms in total. The summed E-state index contributed by atoms with van der Waals surface area (Å²) in [5, 5.41) is 25.0. The summed E-state index contributed by atoms with van der Waals surface area (Å²) in [6, 6.07) is 3.95. The van der Waals surface area contributed by atoms with Gasteiger partial charge in [-0.25, -0.2) is 4.98 Å². The van der Waals surface area contributed by atoms with E-state index < -0.39 is 4.92 Å². The molecule has 1 fully saturated rings. The number of hydrogen-bond acceptors (Lipinski definition) is 7. The molecule has 1 saturated heterocycles. The number of nitrogens with zero attached hydrogens (tertiary/aromatic N) is 3. The normalized spacial score (nSPS) is 21.4. The average molecular weight is 318 g/mol. The number of thiophene rings is 1. The molecule has 3 heterocycles. The topological polar surface area (TPSA) is 101 Å². The Balaban J connectivity index is 1.82. The molecule has 1 aliphatic heterocycles. The van der Waals surface area contributed by atoms with E-state index in [0.717, 1.165) is 23.1 Å². The van der Waals surface area contributed by atoms with Crippen LogP contribution in [0.3, 0.4) is 0 Å². The molecule has 0 radical (unpaired) electrons. The van der Waals surface area contributed by atoms with Crippen molar-refractivity contribution in [2.75, 3.05) is 11.9 Å². The zero-order chi connectivity index (χ0) is 15.5. The minimum absolute atomic E-state index is 0.00124. The van der Waals surface area contributed by atoms with Crippen LogP contribution >= 0.6 is 11.3 Å². The molecule has 1 aliphatic rings. The predicted molar refractivity (Wildman–Crippen MR) is 82.9 cm³/mol. The van der Waals surface area contributed by atoms with Gasteiger partial charge >= 0.3 is 5.69 Å². The molecule has 2 aromatic rings. The third-order valence-electron chi connectivity index (χ3n) is 3.69. The Labute approximate surface area is 130 Å². The van der Waals surface area contributed by atoms with Crippen LogP contribution in [0, 0.1) is 21.4 Å². The maximum absolute atomic E-state index is 11.2. The van der Waals surface area contributed by atoms with Gasteiger partial charge < -0.3 is 10.1 Å². The first-order valence-electron chi connectivity index (χ1n) is 6.94. The maximum Gasteiger partial charge on any atom is 0.311 e. The van der Waals surface area contributed by atoms with Crippen molar-refractivity contribution in [2.24, 2.45) is 0 Å². The van der Waals surface area contributed by atoms with Crippen LogP contribution in [-0.2, 0) is 4.74 Å². The van der Waals surface area contributed by atoms with E-state index >= 15 is 0 Å². The summed E-state index contributed by atoms with van der Waals surface area (Å²) in [5.41, 5.74) is 1.24.